The standard InChI is InChI=1S/C26H26ClN3O8/c27-18-7-6-15(28)13-21(18)37-12-11-36-10-2-3-16(31)14-38-20-5-1-4-17-23(20)26(35)30(25(17)34)19-8-9-22(32)29-24(19)33/h1,4-7,13,19H,2-3,8-12,14,28H2,(H,29,32,33). The molecule has 200 valence electrons. The Kier molecular flexibility index (Phi) is 8.59. The van der Waals surface area contributed by atoms with E-state index in [1.54, 1.807) is 18.2 Å². The highest BCUT2D eigenvalue weighted by molar-refractivity contribution is 6.32. The lowest BCUT2D eigenvalue weighted by molar-refractivity contribution is -0.136. The zero-order chi connectivity index (χ0) is 27.2. The highest BCUT2D eigenvalue weighted by Gasteiger charge is 2.46. The maximum atomic E-state index is 13.1. The van der Waals surface area contributed by atoms with Gasteiger partial charge in [0, 0.05) is 31.2 Å². The van der Waals surface area contributed by atoms with Gasteiger partial charge in [-0.25, -0.2) is 0 Å². The van der Waals surface area contributed by atoms with E-state index in [0.29, 0.717) is 36.1 Å². The third-order valence-electron chi connectivity index (χ3n) is 6.00. The van der Waals surface area contributed by atoms with Crippen molar-refractivity contribution >= 4 is 46.7 Å². The molecule has 1 saturated heterocycles. The number of nitrogens with two attached hydrogens (primary N) is 1. The smallest absolute Gasteiger partial charge is 0.266 e. The van der Waals surface area contributed by atoms with Crippen LogP contribution in [0, 0.1) is 0 Å². The summed E-state index contributed by atoms with van der Waals surface area (Å²) in [6.07, 6.45) is 0.712. The fourth-order valence-corrected chi connectivity index (χ4v) is 4.32. The number of nitrogen functional groups attached to an aromatic ring is 1. The number of nitrogens with one attached hydrogen (secondary N) is 1. The van der Waals surface area contributed by atoms with Crippen molar-refractivity contribution in [3.63, 3.8) is 0 Å². The molecule has 1 atom stereocenters. The van der Waals surface area contributed by atoms with Crippen LogP contribution in [0.4, 0.5) is 5.69 Å². The summed E-state index contributed by atoms with van der Waals surface area (Å²) in [5.41, 5.74) is 6.32. The van der Waals surface area contributed by atoms with Crippen LogP contribution in [0.15, 0.2) is 36.4 Å². The molecule has 0 bridgehead atoms. The minimum atomic E-state index is -1.08. The third-order valence-corrected chi connectivity index (χ3v) is 6.32. The lowest BCUT2D eigenvalue weighted by atomic mass is 10.0. The molecule has 2 aliphatic rings. The summed E-state index contributed by atoms with van der Waals surface area (Å²) < 4.78 is 16.6. The van der Waals surface area contributed by atoms with Crippen LogP contribution >= 0.6 is 11.6 Å². The monoisotopic (exact) mass is 543 g/mol. The minimum absolute atomic E-state index is 0.00129. The van der Waals surface area contributed by atoms with Gasteiger partial charge in [0.15, 0.2) is 5.78 Å². The van der Waals surface area contributed by atoms with E-state index < -0.39 is 29.7 Å². The molecule has 2 heterocycles. The minimum Gasteiger partial charge on any atom is -0.490 e. The number of carbonyl (C=O) groups excluding carboxylic acids is 5. The normalized spacial score (nSPS) is 16.9. The first kappa shape index (κ1) is 27.1. The van der Waals surface area contributed by atoms with Gasteiger partial charge in [-0.15, -0.1) is 0 Å². The molecular formula is C26H26ClN3O8. The van der Waals surface area contributed by atoms with Gasteiger partial charge in [-0.3, -0.25) is 34.2 Å². The second-order valence-electron chi connectivity index (χ2n) is 8.71. The number of imide groups is 2. The van der Waals surface area contributed by atoms with Gasteiger partial charge in [-0.2, -0.15) is 0 Å². The van der Waals surface area contributed by atoms with Crippen LogP contribution in [0.1, 0.15) is 46.4 Å². The van der Waals surface area contributed by atoms with Crippen molar-refractivity contribution in [1.82, 2.24) is 10.2 Å². The van der Waals surface area contributed by atoms with Gasteiger partial charge in [-0.1, -0.05) is 17.7 Å². The molecule has 1 fully saturated rings. The molecule has 4 rings (SSSR count). The van der Waals surface area contributed by atoms with Crippen molar-refractivity contribution in [3.8, 4) is 11.5 Å². The summed E-state index contributed by atoms with van der Waals surface area (Å²) in [6, 6.07) is 8.34. The Bertz CT molecular complexity index is 1280. The number of fused-ring (bicyclic) bond motifs is 1. The third kappa shape index (κ3) is 6.12. The van der Waals surface area contributed by atoms with Gasteiger partial charge in [0.1, 0.15) is 30.8 Å². The Morgan fingerprint density at radius 1 is 1.03 bits per heavy atom. The number of hydrogen-bond acceptors (Lipinski definition) is 9. The molecule has 0 saturated carbocycles. The Balaban J connectivity index is 1.21. The molecule has 0 aromatic heterocycles. The van der Waals surface area contributed by atoms with Gasteiger partial charge < -0.3 is 19.9 Å². The summed E-state index contributed by atoms with van der Waals surface area (Å²) in [5.74, 6) is -2.16. The fraction of sp³-hybridized carbons (Fsp3) is 0.346. The van der Waals surface area contributed by atoms with Crippen molar-refractivity contribution in [1.29, 1.82) is 0 Å². The highest BCUT2D eigenvalue weighted by Crippen LogP contribution is 2.33. The average Bonchev–Trinajstić information content (AvgIpc) is 3.14. The number of ether oxygens (including phenoxy) is 3. The number of rotatable bonds is 12. The number of carbonyl (C=O) groups is 5. The predicted molar refractivity (Wildman–Crippen MR) is 135 cm³/mol. The Hall–Kier alpha value is -3.96. The number of piperidine rings is 1. The number of amides is 4. The van der Waals surface area contributed by atoms with Crippen LogP contribution < -0.4 is 20.5 Å². The molecule has 2 aromatic carbocycles. The second-order valence-corrected chi connectivity index (χ2v) is 9.11. The van der Waals surface area contributed by atoms with Crippen LogP contribution in [-0.4, -0.2) is 66.8 Å². The molecule has 1 unspecified atom stereocenters. The largest absolute Gasteiger partial charge is 0.490 e. The number of benzene rings is 2. The lowest BCUT2D eigenvalue weighted by Gasteiger charge is -2.27. The van der Waals surface area contributed by atoms with Crippen molar-refractivity contribution in [2.24, 2.45) is 0 Å². The van der Waals surface area contributed by atoms with Gasteiger partial charge in [0.25, 0.3) is 11.8 Å². The molecule has 4 amide bonds. The molecule has 3 N–H and O–H groups in total. The maximum Gasteiger partial charge on any atom is 0.266 e. The number of anilines is 1. The molecule has 12 heteroatoms. The van der Waals surface area contributed by atoms with E-state index in [4.69, 9.17) is 31.5 Å². The van der Waals surface area contributed by atoms with Crippen LogP contribution in [0.3, 0.4) is 0 Å². The topological polar surface area (TPSA) is 154 Å². The number of ketones is 1. The van der Waals surface area contributed by atoms with Crippen LogP contribution in [-0.2, 0) is 19.1 Å². The van der Waals surface area contributed by atoms with Crippen LogP contribution in [0.5, 0.6) is 11.5 Å². The van der Waals surface area contributed by atoms with E-state index in [0.717, 1.165) is 4.90 Å². The predicted octanol–water partition coefficient (Wildman–Crippen LogP) is 2.15. The molecule has 0 spiro atoms. The van der Waals surface area contributed by atoms with Crippen molar-refractivity contribution in [2.45, 2.75) is 31.7 Å². The number of nitrogens with zero attached hydrogens (tertiary/aromatic N) is 1. The Labute approximate surface area is 223 Å². The Morgan fingerprint density at radius 3 is 2.63 bits per heavy atom. The Morgan fingerprint density at radius 2 is 1.84 bits per heavy atom. The van der Waals surface area contributed by atoms with E-state index in [2.05, 4.69) is 5.32 Å². The molecule has 11 nitrogen and oxygen atoms in total. The zero-order valence-corrected chi connectivity index (χ0v) is 21.1. The van der Waals surface area contributed by atoms with Crippen molar-refractivity contribution < 1.29 is 38.2 Å². The fourth-order valence-electron chi connectivity index (χ4n) is 4.15. The van der Waals surface area contributed by atoms with E-state index >= 15 is 0 Å². The van der Waals surface area contributed by atoms with E-state index in [1.807, 2.05) is 0 Å². The van der Waals surface area contributed by atoms with Gasteiger partial charge in [-0.05, 0) is 37.1 Å². The molecule has 38 heavy (non-hydrogen) atoms. The second kappa shape index (κ2) is 12.1. The first-order valence-corrected chi connectivity index (χ1v) is 12.4. The van der Waals surface area contributed by atoms with E-state index in [9.17, 15) is 24.0 Å². The summed E-state index contributed by atoms with van der Waals surface area (Å²) in [7, 11) is 0. The average molecular weight is 544 g/mol. The highest BCUT2D eigenvalue weighted by atomic mass is 35.5. The number of Topliss-reactive ketones (excluding diaryl/α,β-unsaturated/α-hetero) is 1. The first-order chi connectivity index (χ1) is 18.3. The molecule has 2 aliphatic heterocycles. The van der Waals surface area contributed by atoms with Gasteiger partial charge in [0.05, 0.1) is 22.8 Å². The van der Waals surface area contributed by atoms with Gasteiger partial charge >= 0.3 is 0 Å². The van der Waals surface area contributed by atoms with Crippen LogP contribution in [0.25, 0.3) is 0 Å². The van der Waals surface area contributed by atoms with Crippen molar-refractivity contribution in [3.05, 3.63) is 52.5 Å². The van der Waals surface area contributed by atoms with Crippen LogP contribution in [0.2, 0.25) is 5.02 Å². The van der Waals surface area contributed by atoms with E-state index in [1.165, 1.54) is 18.2 Å². The summed E-state index contributed by atoms with van der Waals surface area (Å²) >= 11 is 6.03. The quantitative estimate of drug-likeness (QED) is 0.233. The molecule has 2 aromatic rings. The number of halogens is 1. The van der Waals surface area contributed by atoms with Gasteiger partial charge in [0.2, 0.25) is 11.8 Å². The summed E-state index contributed by atoms with van der Waals surface area (Å²) in [5, 5.41) is 2.60. The molecular weight excluding hydrogens is 518 g/mol. The van der Waals surface area contributed by atoms with Crippen molar-refractivity contribution in [2.75, 3.05) is 32.2 Å². The lowest BCUT2D eigenvalue weighted by Crippen LogP contribution is -2.54. The maximum absolute atomic E-state index is 13.1. The molecule has 0 aliphatic carbocycles. The first-order valence-electron chi connectivity index (χ1n) is 12.0. The SMILES string of the molecule is Nc1ccc(Cl)c(OCCOCCCC(=O)COc2cccc3c2C(=O)N(C2CCC(=O)NC2=O)C3=O)c1. The van der Waals surface area contributed by atoms with E-state index in [-0.39, 0.29) is 55.1 Å². The summed E-state index contributed by atoms with van der Waals surface area (Å²) in [4.78, 5) is 62.8. The molecule has 0 radical (unpaired) electrons. The summed E-state index contributed by atoms with van der Waals surface area (Å²) in [6.45, 7) is 0.593. The zero-order valence-electron chi connectivity index (χ0n) is 20.4. The number of hydrogen-bond donors (Lipinski definition) is 2.